The molecule has 1 aliphatic rings. The van der Waals surface area contributed by atoms with Crippen molar-refractivity contribution in [2.45, 2.75) is 58.8 Å². The summed E-state index contributed by atoms with van der Waals surface area (Å²) in [6, 6.07) is 1.82. The van der Waals surface area contributed by atoms with E-state index in [-0.39, 0.29) is 21.1 Å². The summed E-state index contributed by atoms with van der Waals surface area (Å²) in [6.07, 6.45) is 5.63. The molecule has 1 aromatic rings. The van der Waals surface area contributed by atoms with E-state index in [9.17, 15) is 17.8 Å². The Labute approximate surface area is 188 Å². The van der Waals surface area contributed by atoms with Crippen LogP contribution in [0.15, 0.2) is 27.3 Å². The van der Waals surface area contributed by atoms with Gasteiger partial charge in [0.2, 0.25) is 0 Å². The maximum absolute atomic E-state index is 12.2. The van der Waals surface area contributed by atoms with Crippen molar-refractivity contribution < 1.29 is 13.0 Å². The molecule has 0 amide bonds. The number of allylic oxidation sites excluding steroid dienone is 2. The van der Waals surface area contributed by atoms with Crippen LogP contribution in [-0.2, 0) is 16.5 Å². The van der Waals surface area contributed by atoms with E-state index in [2.05, 4.69) is 17.2 Å². The number of aromatic amines is 1. The Morgan fingerprint density at radius 3 is 2.52 bits per heavy atom. The van der Waals surface area contributed by atoms with Gasteiger partial charge in [-0.25, -0.2) is 0 Å². The van der Waals surface area contributed by atoms with Crippen molar-refractivity contribution in [3.8, 4) is 0 Å². The molecular formula is C22H34N3O4S2. The topological polar surface area (TPSA) is 123 Å². The van der Waals surface area contributed by atoms with Crippen LogP contribution in [0.4, 0.5) is 0 Å². The molecule has 7 nitrogen and oxygen atoms in total. The molecule has 31 heavy (non-hydrogen) atoms. The lowest BCUT2D eigenvalue weighted by Crippen LogP contribution is -2.36. The van der Waals surface area contributed by atoms with Crippen molar-refractivity contribution in [3.63, 3.8) is 0 Å². The summed E-state index contributed by atoms with van der Waals surface area (Å²) in [7, 11) is -5.88. The first-order valence-corrected chi connectivity index (χ1v) is 13.5. The van der Waals surface area contributed by atoms with Gasteiger partial charge < -0.3 is 15.7 Å². The number of nitrogens with one attached hydrogen (secondary N) is 3. The van der Waals surface area contributed by atoms with E-state index in [1.54, 1.807) is 13.0 Å². The first-order valence-electron chi connectivity index (χ1n) is 10.6. The molecule has 3 atom stereocenters. The number of aryl methyl sites for hydroxylation is 2. The normalized spacial score (nSPS) is 19.6. The van der Waals surface area contributed by atoms with E-state index >= 15 is 0 Å². The number of rotatable bonds is 11. The number of hydrogen-bond donors (Lipinski definition) is 5. The monoisotopic (exact) mass is 468 g/mol. The largest absolute Gasteiger partial charge is 0.326 e. The number of aromatic nitrogens is 1. The molecule has 0 aliphatic carbocycles. The van der Waals surface area contributed by atoms with Gasteiger partial charge >= 0.3 is 0 Å². The molecule has 3 unspecified atom stereocenters. The zero-order chi connectivity index (χ0) is 23.3. The number of hydrogen-bond acceptors (Lipinski definition) is 5. The predicted octanol–water partition coefficient (Wildman–Crippen LogP) is 3.93. The van der Waals surface area contributed by atoms with Crippen LogP contribution in [0, 0.1) is 25.2 Å². The second kappa shape index (κ2) is 10.8. The first kappa shape index (κ1) is 25.6. The van der Waals surface area contributed by atoms with Gasteiger partial charge in [-0.3, -0.25) is 9.35 Å². The van der Waals surface area contributed by atoms with E-state index in [0.717, 1.165) is 16.9 Å². The van der Waals surface area contributed by atoms with E-state index < -0.39 is 21.0 Å². The van der Waals surface area contributed by atoms with Crippen LogP contribution in [0.25, 0.3) is 4.91 Å². The lowest BCUT2D eigenvalue weighted by molar-refractivity contribution is 0.493. The van der Waals surface area contributed by atoms with Crippen molar-refractivity contribution >= 4 is 31.6 Å². The van der Waals surface area contributed by atoms with Gasteiger partial charge in [0.05, 0.1) is 0 Å². The van der Waals surface area contributed by atoms with Gasteiger partial charge in [0.25, 0.3) is 15.7 Å². The number of pyridine rings is 1. The van der Waals surface area contributed by atoms with Gasteiger partial charge in [-0.15, -0.1) is 0 Å². The Kier molecular flexibility index (Phi) is 8.88. The van der Waals surface area contributed by atoms with Gasteiger partial charge in [-0.2, -0.15) is 19.3 Å². The second-order valence-corrected chi connectivity index (χ2v) is 11.6. The summed E-state index contributed by atoms with van der Waals surface area (Å²) in [5, 5.41) is 11.3. The molecule has 2 rings (SSSR count). The summed E-state index contributed by atoms with van der Waals surface area (Å²) in [4.78, 5) is 15.8. The molecule has 0 aromatic carbocycles. The predicted molar refractivity (Wildman–Crippen MR) is 131 cm³/mol. The van der Waals surface area contributed by atoms with Crippen LogP contribution in [0.1, 0.15) is 56.9 Å². The summed E-state index contributed by atoms with van der Waals surface area (Å²) in [6.45, 7) is 12.2. The Bertz CT molecular complexity index is 1040. The van der Waals surface area contributed by atoms with Gasteiger partial charge in [0, 0.05) is 45.3 Å². The highest BCUT2D eigenvalue weighted by Crippen LogP contribution is 2.57. The van der Waals surface area contributed by atoms with Crippen LogP contribution in [0.2, 0.25) is 0 Å². The summed E-state index contributed by atoms with van der Waals surface area (Å²) in [5.41, 5.74) is 2.57. The maximum Gasteiger partial charge on any atom is 0.299 e. The zero-order valence-corrected chi connectivity index (χ0v) is 20.4. The average molecular weight is 469 g/mol. The molecule has 4 N–H and O–H groups in total. The Morgan fingerprint density at radius 1 is 1.32 bits per heavy atom. The third-order valence-corrected chi connectivity index (χ3v) is 10.2. The molecular weight excluding hydrogens is 434 g/mol. The standard InChI is InChI=1S/C22H34N3O4S2/c1-6-15-12-17(14(5)25-22(15)26)19-10-11-21(31(27,28)29)30(19)20(9-4)24-13-16(7-2)18(23)8-3/h10-12,16,20,23-24,30H,4,6-9,13H2,1-3,5H3,(H,25,26)(H,27,28,29). The Balaban J connectivity index is 2.47. The molecule has 0 bridgehead atoms. The molecule has 0 fully saturated rings. The SMILES string of the molecule is [CH2]CC(NCC(CC)C(=N)CC)[SH]1C(c2cc(CC)c(=O)[nH]c2C)=CC=C1S(=O)(=O)O. The number of thiol groups is 1. The molecule has 0 saturated carbocycles. The quantitative estimate of drug-likeness (QED) is 0.191. The molecule has 173 valence electrons. The van der Waals surface area contributed by atoms with Crippen molar-refractivity contribution in [1.82, 2.24) is 10.3 Å². The van der Waals surface area contributed by atoms with Crippen molar-refractivity contribution in [2.24, 2.45) is 5.92 Å². The average Bonchev–Trinajstić information content (AvgIpc) is 3.16. The molecule has 1 aliphatic heterocycles. The molecule has 9 heteroatoms. The van der Waals surface area contributed by atoms with E-state index in [0.29, 0.717) is 42.8 Å². The van der Waals surface area contributed by atoms with Gasteiger partial charge in [0.15, 0.2) is 0 Å². The lowest BCUT2D eigenvalue weighted by atomic mass is 9.98. The summed E-state index contributed by atoms with van der Waals surface area (Å²) in [5.74, 6) is 0.0590. The first-order chi connectivity index (χ1) is 14.6. The maximum atomic E-state index is 12.2. The summed E-state index contributed by atoms with van der Waals surface area (Å²) >= 11 is 0. The van der Waals surface area contributed by atoms with Gasteiger partial charge in [0.1, 0.15) is 4.24 Å². The molecule has 2 heterocycles. The van der Waals surface area contributed by atoms with E-state index in [1.165, 1.54) is 6.08 Å². The van der Waals surface area contributed by atoms with Crippen molar-refractivity contribution in [1.29, 1.82) is 5.41 Å². The van der Waals surface area contributed by atoms with E-state index in [4.69, 9.17) is 5.41 Å². The van der Waals surface area contributed by atoms with Crippen LogP contribution >= 0.6 is 10.9 Å². The minimum Gasteiger partial charge on any atom is -0.326 e. The fraction of sp³-hybridized carbons (Fsp3) is 0.500. The van der Waals surface area contributed by atoms with Crippen LogP contribution in [0.3, 0.4) is 0 Å². The zero-order valence-electron chi connectivity index (χ0n) is 18.7. The lowest BCUT2D eigenvalue weighted by Gasteiger charge is -2.33. The van der Waals surface area contributed by atoms with Crippen LogP contribution < -0.4 is 10.9 Å². The summed E-state index contributed by atoms with van der Waals surface area (Å²) < 4.78 is 34.3. The van der Waals surface area contributed by atoms with Crippen molar-refractivity contribution in [3.05, 3.63) is 56.6 Å². The van der Waals surface area contributed by atoms with E-state index in [1.807, 2.05) is 26.8 Å². The highest BCUT2D eigenvalue weighted by atomic mass is 32.3. The van der Waals surface area contributed by atoms with Crippen LogP contribution in [-0.4, -0.2) is 35.6 Å². The highest BCUT2D eigenvalue weighted by molar-refractivity contribution is 8.35. The fourth-order valence-corrected chi connectivity index (χ4v) is 8.08. The Morgan fingerprint density at radius 2 is 2.00 bits per heavy atom. The third-order valence-electron chi connectivity index (χ3n) is 5.67. The Hall–Kier alpha value is -1.68. The fourth-order valence-electron chi connectivity index (χ4n) is 3.78. The molecule has 1 radical (unpaired) electrons. The van der Waals surface area contributed by atoms with Crippen LogP contribution in [0.5, 0.6) is 0 Å². The third kappa shape index (κ3) is 5.77. The molecule has 0 spiro atoms. The van der Waals surface area contributed by atoms with Gasteiger partial charge in [-0.1, -0.05) is 27.7 Å². The minimum absolute atomic E-state index is 0.0130. The molecule has 1 aromatic heterocycles. The highest BCUT2D eigenvalue weighted by Gasteiger charge is 2.35. The second-order valence-electron chi connectivity index (χ2n) is 7.61. The molecule has 0 saturated heterocycles. The van der Waals surface area contributed by atoms with Gasteiger partial charge in [-0.05, 0) is 50.8 Å². The smallest absolute Gasteiger partial charge is 0.299 e. The van der Waals surface area contributed by atoms with Crippen molar-refractivity contribution in [2.75, 3.05) is 6.54 Å². The number of H-pyrrole nitrogens is 1. The minimum atomic E-state index is -4.39.